The van der Waals surface area contributed by atoms with Crippen LogP contribution in [0.2, 0.25) is 0 Å². The topological polar surface area (TPSA) is 87.6 Å². The van der Waals surface area contributed by atoms with Gasteiger partial charge in [-0.25, -0.2) is 0 Å². The molecule has 0 atom stereocenters. The number of rotatable bonds is 7. The molecule has 1 fully saturated rings. The van der Waals surface area contributed by atoms with Gasteiger partial charge in [0.15, 0.2) is 0 Å². The number of carbonyl (C=O) groups is 2. The van der Waals surface area contributed by atoms with Crippen LogP contribution in [0.4, 0.5) is 11.4 Å². The Balaban J connectivity index is 1.54. The zero-order chi connectivity index (χ0) is 19.9. The van der Waals surface area contributed by atoms with E-state index in [0.717, 1.165) is 38.5 Å². The van der Waals surface area contributed by atoms with Crippen LogP contribution in [-0.2, 0) is 11.8 Å². The maximum Gasteiger partial charge on any atom is 0.268 e. The van der Waals surface area contributed by atoms with Crippen molar-refractivity contribution in [2.75, 3.05) is 57.1 Å². The molecule has 2 heterocycles. The first kappa shape index (κ1) is 19.9. The van der Waals surface area contributed by atoms with Gasteiger partial charge in [0.25, 0.3) is 11.8 Å². The van der Waals surface area contributed by atoms with Crippen LogP contribution < -0.4 is 16.0 Å². The number of aromatic nitrogens is 1. The molecule has 8 heteroatoms. The van der Waals surface area contributed by atoms with E-state index in [0.29, 0.717) is 23.5 Å². The summed E-state index contributed by atoms with van der Waals surface area (Å²) < 4.78 is 7.03. The van der Waals surface area contributed by atoms with Crippen LogP contribution in [0, 0.1) is 0 Å². The Morgan fingerprint density at radius 3 is 2.46 bits per heavy atom. The fraction of sp³-hybridized carbons (Fsp3) is 0.400. The molecule has 2 amide bonds. The number of nitrogens with one attached hydrogen (secondary N) is 3. The minimum Gasteiger partial charge on any atom is -0.388 e. The van der Waals surface area contributed by atoms with Crippen LogP contribution in [0.25, 0.3) is 0 Å². The van der Waals surface area contributed by atoms with E-state index in [1.54, 1.807) is 36.0 Å². The lowest BCUT2D eigenvalue weighted by Gasteiger charge is -2.26. The summed E-state index contributed by atoms with van der Waals surface area (Å²) in [6, 6.07) is 8.87. The van der Waals surface area contributed by atoms with Gasteiger partial charge < -0.3 is 25.3 Å². The lowest BCUT2D eigenvalue weighted by molar-refractivity contribution is 0.0383. The van der Waals surface area contributed by atoms with Crippen molar-refractivity contribution in [1.29, 1.82) is 0 Å². The molecule has 28 heavy (non-hydrogen) atoms. The summed E-state index contributed by atoms with van der Waals surface area (Å²) in [5.74, 6) is -0.373. The number of benzene rings is 1. The number of aryl methyl sites for hydroxylation is 1. The monoisotopic (exact) mass is 385 g/mol. The van der Waals surface area contributed by atoms with Crippen LogP contribution in [0.5, 0.6) is 0 Å². The van der Waals surface area contributed by atoms with Gasteiger partial charge in [0, 0.05) is 57.7 Å². The zero-order valence-electron chi connectivity index (χ0n) is 16.3. The van der Waals surface area contributed by atoms with Crippen molar-refractivity contribution >= 4 is 23.2 Å². The molecular weight excluding hydrogens is 358 g/mol. The molecule has 0 spiro atoms. The van der Waals surface area contributed by atoms with E-state index in [-0.39, 0.29) is 11.8 Å². The first-order chi connectivity index (χ1) is 13.6. The molecule has 3 rings (SSSR count). The van der Waals surface area contributed by atoms with Crippen molar-refractivity contribution in [2.24, 2.45) is 7.05 Å². The Labute approximate surface area is 164 Å². The van der Waals surface area contributed by atoms with Crippen molar-refractivity contribution in [3.63, 3.8) is 0 Å². The number of hydrogen-bond donors (Lipinski definition) is 3. The summed E-state index contributed by atoms with van der Waals surface area (Å²) in [6.45, 7) is 4.64. The number of nitrogens with zero attached hydrogens (tertiary/aromatic N) is 2. The molecule has 3 N–H and O–H groups in total. The molecule has 150 valence electrons. The van der Waals surface area contributed by atoms with Crippen LogP contribution in [-0.4, -0.2) is 67.7 Å². The van der Waals surface area contributed by atoms with E-state index >= 15 is 0 Å². The standard InChI is InChI=1S/C20H27N5O3/c1-21-16-5-3-15(4-6-16)19(26)23-17-13-18(24(2)14-17)20(27)22-7-8-25-9-11-28-12-10-25/h3-6,13-14,21H,7-12H2,1-2H3,(H,22,27)(H,23,26). The van der Waals surface area contributed by atoms with Crippen molar-refractivity contribution in [3.8, 4) is 0 Å². The predicted molar refractivity (Wildman–Crippen MR) is 109 cm³/mol. The number of morpholine rings is 1. The third-order valence-electron chi connectivity index (χ3n) is 4.75. The van der Waals surface area contributed by atoms with Gasteiger partial charge in [-0.05, 0) is 30.3 Å². The first-order valence-corrected chi connectivity index (χ1v) is 9.40. The molecule has 0 radical (unpaired) electrons. The predicted octanol–water partition coefficient (Wildman–Crippen LogP) is 1.38. The van der Waals surface area contributed by atoms with Gasteiger partial charge in [-0.3, -0.25) is 14.5 Å². The van der Waals surface area contributed by atoms with Crippen molar-refractivity contribution in [1.82, 2.24) is 14.8 Å². The fourth-order valence-corrected chi connectivity index (χ4v) is 3.09. The Hall–Kier alpha value is -2.84. The second-order valence-corrected chi connectivity index (χ2v) is 6.72. The average Bonchev–Trinajstić information content (AvgIpc) is 3.09. The smallest absolute Gasteiger partial charge is 0.268 e. The van der Waals surface area contributed by atoms with Gasteiger partial charge >= 0.3 is 0 Å². The quantitative estimate of drug-likeness (QED) is 0.670. The third-order valence-corrected chi connectivity index (χ3v) is 4.75. The maximum absolute atomic E-state index is 12.5. The van der Waals surface area contributed by atoms with Gasteiger partial charge in [-0.2, -0.15) is 0 Å². The fourth-order valence-electron chi connectivity index (χ4n) is 3.09. The van der Waals surface area contributed by atoms with Gasteiger partial charge in [0.05, 0.1) is 18.9 Å². The van der Waals surface area contributed by atoms with Gasteiger partial charge in [-0.1, -0.05) is 0 Å². The molecule has 1 aliphatic rings. The van der Waals surface area contributed by atoms with Crippen molar-refractivity contribution < 1.29 is 14.3 Å². The maximum atomic E-state index is 12.5. The summed E-state index contributed by atoms with van der Waals surface area (Å²) in [4.78, 5) is 27.1. The number of ether oxygens (including phenoxy) is 1. The lowest BCUT2D eigenvalue weighted by Crippen LogP contribution is -2.41. The molecule has 1 aromatic heterocycles. The van der Waals surface area contributed by atoms with Crippen LogP contribution in [0.15, 0.2) is 36.5 Å². The zero-order valence-corrected chi connectivity index (χ0v) is 16.3. The van der Waals surface area contributed by atoms with Crippen LogP contribution >= 0.6 is 0 Å². The SMILES string of the molecule is CNc1ccc(C(=O)Nc2cc(C(=O)NCCN3CCOCC3)n(C)c2)cc1. The average molecular weight is 385 g/mol. The Bertz CT molecular complexity index is 810. The van der Waals surface area contributed by atoms with Gasteiger partial charge in [0.1, 0.15) is 5.69 Å². The molecule has 2 aromatic rings. The molecular formula is C20H27N5O3. The van der Waals surface area contributed by atoms with E-state index in [1.165, 1.54) is 0 Å². The minimum absolute atomic E-state index is 0.158. The molecule has 8 nitrogen and oxygen atoms in total. The summed E-state index contributed by atoms with van der Waals surface area (Å²) in [5, 5.41) is 8.79. The Kier molecular flexibility index (Phi) is 6.67. The minimum atomic E-state index is -0.215. The number of anilines is 2. The first-order valence-electron chi connectivity index (χ1n) is 9.40. The molecule has 0 aliphatic carbocycles. The Morgan fingerprint density at radius 1 is 1.07 bits per heavy atom. The highest BCUT2D eigenvalue weighted by molar-refractivity contribution is 6.05. The lowest BCUT2D eigenvalue weighted by atomic mass is 10.2. The second-order valence-electron chi connectivity index (χ2n) is 6.72. The van der Waals surface area contributed by atoms with Crippen LogP contribution in [0.1, 0.15) is 20.8 Å². The van der Waals surface area contributed by atoms with E-state index in [2.05, 4.69) is 20.9 Å². The van der Waals surface area contributed by atoms with E-state index in [4.69, 9.17) is 4.74 Å². The highest BCUT2D eigenvalue weighted by Gasteiger charge is 2.15. The number of carbonyl (C=O) groups excluding carboxylic acids is 2. The van der Waals surface area contributed by atoms with Crippen molar-refractivity contribution in [2.45, 2.75) is 0 Å². The third kappa shape index (κ3) is 5.11. The van der Waals surface area contributed by atoms with E-state index in [1.807, 2.05) is 19.2 Å². The number of amides is 2. The molecule has 1 aliphatic heterocycles. The van der Waals surface area contributed by atoms with Gasteiger partial charge in [-0.15, -0.1) is 0 Å². The normalized spacial score (nSPS) is 14.5. The van der Waals surface area contributed by atoms with E-state index in [9.17, 15) is 9.59 Å². The van der Waals surface area contributed by atoms with Crippen molar-refractivity contribution in [3.05, 3.63) is 47.8 Å². The molecule has 0 saturated carbocycles. The summed E-state index contributed by atoms with van der Waals surface area (Å²) in [5.41, 5.74) is 2.58. The highest BCUT2D eigenvalue weighted by atomic mass is 16.5. The summed E-state index contributed by atoms with van der Waals surface area (Å²) >= 11 is 0. The molecule has 0 unspecified atom stereocenters. The summed E-state index contributed by atoms with van der Waals surface area (Å²) in [7, 11) is 3.61. The second kappa shape index (κ2) is 9.38. The van der Waals surface area contributed by atoms with Gasteiger partial charge in [0.2, 0.25) is 0 Å². The number of hydrogen-bond acceptors (Lipinski definition) is 5. The van der Waals surface area contributed by atoms with Crippen LogP contribution in [0.3, 0.4) is 0 Å². The Morgan fingerprint density at radius 2 is 1.79 bits per heavy atom. The largest absolute Gasteiger partial charge is 0.388 e. The highest BCUT2D eigenvalue weighted by Crippen LogP contribution is 2.15. The molecule has 1 saturated heterocycles. The molecule has 1 aromatic carbocycles. The van der Waals surface area contributed by atoms with E-state index < -0.39 is 0 Å². The summed E-state index contributed by atoms with van der Waals surface area (Å²) in [6.07, 6.45) is 1.73. The molecule has 0 bridgehead atoms.